The van der Waals surface area contributed by atoms with Crippen molar-refractivity contribution < 1.29 is 9.15 Å². The van der Waals surface area contributed by atoms with E-state index in [4.69, 9.17) is 9.15 Å². The first-order valence-electron chi connectivity index (χ1n) is 7.94. The monoisotopic (exact) mass is 366 g/mol. The quantitative estimate of drug-likeness (QED) is 0.347. The van der Waals surface area contributed by atoms with Crippen LogP contribution in [0.4, 0.5) is 0 Å². The lowest BCUT2D eigenvalue weighted by Crippen LogP contribution is -2.00. The van der Waals surface area contributed by atoms with Gasteiger partial charge in [-0.2, -0.15) is 0 Å². The summed E-state index contributed by atoms with van der Waals surface area (Å²) in [5.74, 6) is 0.764. The Balaban J connectivity index is 1.79. The first kappa shape index (κ1) is 17.1. The van der Waals surface area contributed by atoms with Crippen LogP contribution in [-0.4, -0.2) is 11.9 Å². The zero-order valence-electron chi connectivity index (χ0n) is 13.1. The Morgan fingerprint density at radius 1 is 1.05 bits per heavy atom. The highest BCUT2D eigenvalue weighted by molar-refractivity contribution is 9.09. The van der Waals surface area contributed by atoms with E-state index >= 15 is 0 Å². The second-order valence-corrected chi connectivity index (χ2v) is 6.36. The number of hydrogen-bond acceptors (Lipinski definition) is 3. The van der Waals surface area contributed by atoms with Gasteiger partial charge in [0, 0.05) is 22.8 Å². The molecule has 3 nitrogen and oxygen atoms in total. The van der Waals surface area contributed by atoms with E-state index in [1.165, 1.54) is 38.2 Å². The fraction of sp³-hybridized carbons (Fsp3) is 0.500. The standard InChI is InChI=1S/C18H23BrO3/c1-14-12-18(20)22-17-13-15(8-9-16(14)17)21-11-7-5-3-2-4-6-10-19/h8-9,12-13H,2-7,10-11H2,1H3. The van der Waals surface area contributed by atoms with Crippen molar-refractivity contribution in [1.29, 1.82) is 0 Å². The van der Waals surface area contributed by atoms with E-state index in [-0.39, 0.29) is 5.63 Å². The van der Waals surface area contributed by atoms with E-state index in [9.17, 15) is 4.79 Å². The maximum Gasteiger partial charge on any atom is 0.336 e. The minimum absolute atomic E-state index is 0.314. The lowest BCUT2D eigenvalue weighted by atomic mass is 10.1. The topological polar surface area (TPSA) is 39.4 Å². The Morgan fingerprint density at radius 3 is 2.55 bits per heavy atom. The molecule has 0 fully saturated rings. The minimum atomic E-state index is -0.314. The van der Waals surface area contributed by atoms with E-state index in [1.807, 2.05) is 19.1 Å². The molecule has 0 amide bonds. The molecule has 0 unspecified atom stereocenters. The van der Waals surface area contributed by atoms with Crippen molar-refractivity contribution in [1.82, 2.24) is 0 Å². The molecule has 0 N–H and O–H groups in total. The number of rotatable bonds is 9. The lowest BCUT2D eigenvalue weighted by Gasteiger charge is -2.07. The largest absolute Gasteiger partial charge is 0.493 e. The normalized spacial score (nSPS) is 11.0. The van der Waals surface area contributed by atoms with Gasteiger partial charge in [-0.3, -0.25) is 0 Å². The smallest absolute Gasteiger partial charge is 0.336 e. The van der Waals surface area contributed by atoms with E-state index in [0.717, 1.165) is 28.5 Å². The molecule has 0 atom stereocenters. The summed E-state index contributed by atoms with van der Waals surface area (Å²) in [6.45, 7) is 2.62. The van der Waals surface area contributed by atoms with E-state index in [0.29, 0.717) is 12.2 Å². The number of ether oxygens (including phenoxy) is 1. The molecule has 0 aliphatic heterocycles. The average Bonchev–Trinajstić information content (AvgIpc) is 2.49. The summed E-state index contributed by atoms with van der Waals surface area (Å²) in [6, 6.07) is 7.20. The van der Waals surface area contributed by atoms with Crippen LogP contribution in [0.3, 0.4) is 0 Å². The van der Waals surface area contributed by atoms with E-state index in [2.05, 4.69) is 15.9 Å². The SMILES string of the molecule is Cc1cc(=O)oc2cc(OCCCCCCCCBr)ccc12. The molecule has 0 spiro atoms. The molecule has 2 aromatic rings. The maximum absolute atomic E-state index is 11.4. The molecule has 120 valence electrons. The highest BCUT2D eigenvalue weighted by Gasteiger charge is 2.04. The molecule has 0 bridgehead atoms. The Morgan fingerprint density at radius 2 is 1.77 bits per heavy atom. The van der Waals surface area contributed by atoms with Gasteiger partial charge in [0.2, 0.25) is 0 Å². The third-order valence-electron chi connectivity index (χ3n) is 3.72. The third-order valence-corrected chi connectivity index (χ3v) is 4.28. The second-order valence-electron chi connectivity index (χ2n) is 5.57. The van der Waals surface area contributed by atoms with Crippen molar-refractivity contribution in [2.75, 3.05) is 11.9 Å². The maximum atomic E-state index is 11.4. The predicted octanol–water partition coefficient (Wildman–Crippen LogP) is 5.22. The van der Waals surface area contributed by atoms with Crippen LogP contribution in [0.2, 0.25) is 0 Å². The highest BCUT2D eigenvalue weighted by atomic mass is 79.9. The molecule has 1 aromatic heterocycles. The summed E-state index contributed by atoms with van der Waals surface area (Å²) in [6.07, 6.45) is 7.38. The van der Waals surface area contributed by atoms with Crippen LogP contribution in [0.25, 0.3) is 11.0 Å². The van der Waals surface area contributed by atoms with Gasteiger partial charge in [-0.05, 0) is 37.5 Å². The summed E-state index contributed by atoms with van der Waals surface area (Å²) in [4.78, 5) is 11.4. The summed E-state index contributed by atoms with van der Waals surface area (Å²) in [5, 5.41) is 2.06. The van der Waals surface area contributed by atoms with Gasteiger partial charge in [0.1, 0.15) is 11.3 Å². The van der Waals surface area contributed by atoms with Crippen LogP contribution in [-0.2, 0) is 0 Å². The fourth-order valence-corrected chi connectivity index (χ4v) is 2.89. The molecule has 1 heterocycles. The predicted molar refractivity (Wildman–Crippen MR) is 94.2 cm³/mol. The number of hydrogen-bond donors (Lipinski definition) is 0. The van der Waals surface area contributed by atoms with Gasteiger partial charge in [-0.25, -0.2) is 4.79 Å². The zero-order valence-corrected chi connectivity index (χ0v) is 14.7. The first-order valence-corrected chi connectivity index (χ1v) is 9.06. The van der Waals surface area contributed by atoms with E-state index < -0.39 is 0 Å². The number of fused-ring (bicyclic) bond motifs is 1. The average molecular weight is 367 g/mol. The van der Waals surface area contributed by atoms with Crippen molar-refractivity contribution in [3.05, 3.63) is 40.2 Å². The Labute approximate surface area is 139 Å². The molecule has 22 heavy (non-hydrogen) atoms. The Bertz CT molecular complexity index is 648. The number of benzene rings is 1. The van der Waals surface area contributed by atoms with Gasteiger partial charge in [0.15, 0.2) is 0 Å². The molecule has 2 rings (SSSR count). The number of unbranched alkanes of at least 4 members (excludes halogenated alkanes) is 5. The molecule has 0 aliphatic rings. The van der Waals surface area contributed by atoms with Crippen LogP contribution in [0.15, 0.2) is 33.5 Å². The fourth-order valence-electron chi connectivity index (χ4n) is 2.49. The van der Waals surface area contributed by atoms with Gasteiger partial charge in [-0.15, -0.1) is 0 Å². The van der Waals surface area contributed by atoms with Gasteiger partial charge in [-0.1, -0.05) is 41.6 Å². The van der Waals surface area contributed by atoms with Crippen LogP contribution in [0, 0.1) is 6.92 Å². The summed E-state index contributed by atoms with van der Waals surface area (Å²) >= 11 is 3.45. The van der Waals surface area contributed by atoms with Crippen molar-refractivity contribution in [2.45, 2.75) is 45.4 Å². The van der Waals surface area contributed by atoms with Gasteiger partial charge < -0.3 is 9.15 Å². The van der Waals surface area contributed by atoms with Gasteiger partial charge in [0.05, 0.1) is 6.61 Å². The number of alkyl halides is 1. The molecular weight excluding hydrogens is 344 g/mol. The van der Waals surface area contributed by atoms with Crippen molar-refractivity contribution in [2.24, 2.45) is 0 Å². The summed E-state index contributed by atoms with van der Waals surface area (Å²) in [7, 11) is 0. The van der Waals surface area contributed by atoms with E-state index in [1.54, 1.807) is 6.07 Å². The van der Waals surface area contributed by atoms with Gasteiger partial charge in [0.25, 0.3) is 0 Å². The molecule has 4 heteroatoms. The van der Waals surface area contributed by atoms with Crippen molar-refractivity contribution in [3.8, 4) is 5.75 Å². The number of aryl methyl sites for hydroxylation is 1. The second kappa shape index (κ2) is 8.99. The van der Waals surface area contributed by atoms with Crippen LogP contribution in [0.5, 0.6) is 5.75 Å². The molecule has 0 saturated carbocycles. The third kappa shape index (κ3) is 5.16. The zero-order chi connectivity index (χ0) is 15.8. The van der Waals surface area contributed by atoms with Gasteiger partial charge >= 0.3 is 5.63 Å². The lowest BCUT2D eigenvalue weighted by molar-refractivity contribution is 0.304. The molecular formula is C18H23BrO3. The van der Waals surface area contributed by atoms with Crippen molar-refractivity contribution in [3.63, 3.8) is 0 Å². The minimum Gasteiger partial charge on any atom is -0.493 e. The highest BCUT2D eigenvalue weighted by Crippen LogP contribution is 2.22. The first-order chi connectivity index (χ1) is 10.7. The summed E-state index contributed by atoms with van der Waals surface area (Å²) in [5.41, 5.74) is 1.21. The molecule has 0 saturated heterocycles. The molecule has 0 radical (unpaired) electrons. The van der Waals surface area contributed by atoms with Crippen molar-refractivity contribution >= 4 is 26.9 Å². The molecule has 1 aromatic carbocycles. The Kier molecular flexibility index (Phi) is 6.97. The summed E-state index contributed by atoms with van der Waals surface area (Å²) < 4.78 is 11.0. The number of halogens is 1. The van der Waals surface area contributed by atoms with Crippen LogP contribution >= 0.6 is 15.9 Å². The molecule has 0 aliphatic carbocycles. The van der Waals surface area contributed by atoms with Crippen LogP contribution < -0.4 is 10.4 Å². The Hall–Kier alpha value is -1.29. The van der Waals surface area contributed by atoms with Crippen LogP contribution in [0.1, 0.15) is 44.1 Å².